The maximum absolute atomic E-state index is 12.8. The van der Waals surface area contributed by atoms with Crippen LogP contribution in [-0.4, -0.2) is 32.9 Å². The predicted molar refractivity (Wildman–Crippen MR) is 160 cm³/mol. The summed E-state index contributed by atoms with van der Waals surface area (Å²) in [5, 5.41) is 5.16. The van der Waals surface area contributed by atoms with E-state index in [-0.39, 0.29) is 17.9 Å². The average Bonchev–Trinajstić information content (AvgIpc) is 3.51. The molecule has 0 saturated carbocycles. The van der Waals surface area contributed by atoms with Gasteiger partial charge in [-0.1, -0.05) is 102 Å². The van der Waals surface area contributed by atoms with Crippen LogP contribution in [0.4, 0.5) is 13.2 Å². The second-order valence-corrected chi connectivity index (χ2v) is 12.9. The number of amides is 2. The Morgan fingerprint density at radius 3 is 1.79 bits per heavy atom. The summed E-state index contributed by atoms with van der Waals surface area (Å²) in [6, 6.07) is 11.2. The number of ether oxygens (including phenoxy) is 2. The van der Waals surface area contributed by atoms with E-state index in [0.29, 0.717) is 23.1 Å². The zero-order valence-electron chi connectivity index (χ0n) is 22.5. The van der Waals surface area contributed by atoms with Crippen LogP contribution in [0.25, 0.3) is 12.2 Å². The minimum Gasteiger partial charge on any atom is -0.462 e. The van der Waals surface area contributed by atoms with Gasteiger partial charge in [-0.3, -0.25) is 9.59 Å². The molecular formula is C30H25Cl4F3N2O4. The number of carbonyl (C=O) groups is 2. The Morgan fingerprint density at radius 2 is 1.30 bits per heavy atom. The van der Waals surface area contributed by atoms with Gasteiger partial charge in [-0.25, -0.2) is 0 Å². The van der Waals surface area contributed by atoms with Crippen LogP contribution in [0.1, 0.15) is 54.9 Å². The largest absolute Gasteiger partial charge is 0.462 e. The van der Waals surface area contributed by atoms with Crippen molar-refractivity contribution in [3.8, 4) is 11.8 Å². The van der Waals surface area contributed by atoms with Crippen molar-refractivity contribution in [3.63, 3.8) is 0 Å². The molecule has 2 fully saturated rings. The molecule has 43 heavy (non-hydrogen) atoms. The highest BCUT2D eigenvalue weighted by molar-refractivity contribution is 6.49. The fourth-order valence-corrected chi connectivity index (χ4v) is 4.81. The number of benzene rings is 2. The van der Waals surface area contributed by atoms with E-state index in [2.05, 4.69) is 22.5 Å². The van der Waals surface area contributed by atoms with Crippen molar-refractivity contribution in [2.75, 3.05) is 0 Å². The van der Waals surface area contributed by atoms with Gasteiger partial charge in [0.15, 0.2) is 20.2 Å². The number of carbonyl (C=O) groups excluding carboxylic acids is 2. The number of hydrogen-bond acceptors (Lipinski definition) is 4. The fourth-order valence-electron chi connectivity index (χ4n) is 4.02. The number of alkyl halides is 7. The molecule has 228 valence electrons. The number of hydrogen-bond donors (Lipinski definition) is 2. The van der Waals surface area contributed by atoms with Gasteiger partial charge in [-0.15, -0.1) is 0 Å². The van der Waals surface area contributed by atoms with Crippen molar-refractivity contribution in [2.24, 2.45) is 0 Å². The van der Waals surface area contributed by atoms with Gasteiger partial charge in [-0.2, -0.15) is 13.2 Å². The van der Waals surface area contributed by atoms with Crippen LogP contribution < -0.4 is 10.6 Å². The molecule has 2 aromatic rings. The highest BCUT2D eigenvalue weighted by atomic mass is 35.5. The lowest BCUT2D eigenvalue weighted by atomic mass is 10.1. The Labute approximate surface area is 266 Å². The number of rotatable bonds is 8. The Balaban J connectivity index is 1.35. The fraction of sp³-hybridized carbons (Fsp3) is 0.333. The van der Waals surface area contributed by atoms with Gasteiger partial charge < -0.3 is 20.1 Å². The highest BCUT2D eigenvalue weighted by Gasteiger charge is 2.44. The maximum Gasteiger partial charge on any atom is 0.416 e. The summed E-state index contributed by atoms with van der Waals surface area (Å²) in [5.74, 6) is 4.67. The molecular weight excluding hydrogens is 651 g/mol. The zero-order valence-corrected chi connectivity index (χ0v) is 25.6. The lowest BCUT2D eigenvalue weighted by Crippen LogP contribution is -2.41. The second kappa shape index (κ2) is 13.3. The molecule has 2 amide bonds. The van der Waals surface area contributed by atoms with Gasteiger partial charge in [0.2, 0.25) is 12.5 Å². The number of nitrogens with one attached hydrogen (secondary N) is 2. The second-order valence-electron chi connectivity index (χ2n) is 9.81. The molecule has 0 radical (unpaired) electrons. The predicted octanol–water partition coefficient (Wildman–Crippen LogP) is 7.31. The first kappa shape index (κ1) is 32.9. The lowest BCUT2D eigenvalue weighted by molar-refractivity contribution is -0.137. The summed E-state index contributed by atoms with van der Waals surface area (Å²) in [6.45, 7) is 2.01. The van der Waals surface area contributed by atoms with Crippen LogP contribution in [0.15, 0.2) is 60.0 Å². The molecule has 2 atom stereocenters. The van der Waals surface area contributed by atoms with Crippen molar-refractivity contribution in [2.45, 2.75) is 59.9 Å². The third kappa shape index (κ3) is 8.54. The van der Waals surface area contributed by atoms with E-state index < -0.39 is 44.7 Å². The van der Waals surface area contributed by atoms with Crippen molar-refractivity contribution >= 4 is 70.4 Å². The van der Waals surface area contributed by atoms with E-state index in [1.807, 2.05) is 6.92 Å². The lowest BCUT2D eigenvalue weighted by Gasteiger charge is -2.24. The van der Waals surface area contributed by atoms with E-state index in [4.69, 9.17) is 55.9 Å². The molecule has 0 bridgehead atoms. The van der Waals surface area contributed by atoms with Gasteiger partial charge in [0.05, 0.1) is 5.56 Å². The summed E-state index contributed by atoms with van der Waals surface area (Å²) in [4.78, 5) is 24.7. The topological polar surface area (TPSA) is 76.7 Å². The van der Waals surface area contributed by atoms with E-state index in [9.17, 15) is 22.8 Å². The van der Waals surface area contributed by atoms with Gasteiger partial charge in [0.1, 0.15) is 0 Å². The summed E-state index contributed by atoms with van der Waals surface area (Å²) in [6.07, 6.45) is -1.57. The molecule has 4 rings (SSSR count). The molecule has 2 aliphatic heterocycles. The van der Waals surface area contributed by atoms with Crippen molar-refractivity contribution in [1.29, 1.82) is 0 Å². The molecule has 0 aliphatic carbocycles. The first-order valence-corrected chi connectivity index (χ1v) is 14.6. The zero-order chi connectivity index (χ0) is 31.4. The monoisotopic (exact) mass is 674 g/mol. The van der Waals surface area contributed by atoms with Crippen LogP contribution in [-0.2, 0) is 25.2 Å². The maximum atomic E-state index is 12.8. The van der Waals surface area contributed by atoms with Crippen molar-refractivity contribution in [1.82, 2.24) is 10.6 Å². The molecule has 13 heteroatoms. The van der Waals surface area contributed by atoms with E-state index >= 15 is 0 Å². The van der Waals surface area contributed by atoms with Crippen LogP contribution in [0, 0.1) is 11.8 Å². The summed E-state index contributed by atoms with van der Waals surface area (Å²) in [7, 11) is 0. The third-order valence-electron chi connectivity index (χ3n) is 6.39. The SMILES string of the molecule is CCCCC(Cl)(Cl)C1NC(=O)/C(=C/c2ccc(C#CCC(Cl)(Cl)C3NC(=O)/C(=C/c4ccc(C(F)(F)F)cc4)O3)cc2)O1. The van der Waals surface area contributed by atoms with Gasteiger partial charge >= 0.3 is 6.18 Å². The Morgan fingerprint density at radius 1 is 0.814 bits per heavy atom. The Bertz CT molecular complexity index is 1480. The minimum atomic E-state index is -4.47. The van der Waals surface area contributed by atoms with Gasteiger partial charge in [-0.05, 0) is 54.0 Å². The molecule has 6 nitrogen and oxygen atoms in total. The van der Waals surface area contributed by atoms with Crippen LogP contribution >= 0.6 is 46.4 Å². The molecule has 2 aliphatic rings. The first-order valence-electron chi connectivity index (χ1n) is 13.1. The minimum absolute atomic E-state index is 0.0884. The van der Waals surface area contributed by atoms with E-state index in [1.54, 1.807) is 30.3 Å². The van der Waals surface area contributed by atoms with Gasteiger partial charge in [0, 0.05) is 12.0 Å². The molecule has 2 aromatic carbocycles. The standard InChI is InChI=1S/C30H25Cl4F3N2O4/c1-2-3-14-28(31,32)26-38-24(40)22(42-26)16-19-8-6-18(7-9-19)5-4-15-29(33,34)27-39-25(41)23(43-27)17-20-10-12-21(13-11-20)30(35,36)37/h6-13,16-17,26-27H,2-3,14-15H2,1H3,(H,38,40)(H,39,41)/b22-16-,23-17-. The van der Waals surface area contributed by atoms with E-state index in [1.165, 1.54) is 18.2 Å². The van der Waals surface area contributed by atoms with Crippen LogP contribution in [0.2, 0.25) is 0 Å². The first-order chi connectivity index (χ1) is 20.2. The van der Waals surface area contributed by atoms with Crippen LogP contribution in [0.3, 0.4) is 0 Å². The Hall–Kier alpha value is -3.03. The smallest absolute Gasteiger partial charge is 0.416 e. The summed E-state index contributed by atoms with van der Waals surface area (Å²) >= 11 is 25.6. The molecule has 2 N–H and O–H groups in total. The molecule has 2 unspecified atom stereocenters. The molecule has 2 heterocycles. The molecule has 0 spiro atoms. The number of unbranched alkanes of at least 4 members (excludes halogenated alkanes) is 1. The third-order valence-corrected chi connectivity index (χ3v) is 7.83. The van der Waals surface area contributed by atoms with Gasteiger partial charge in [0.25, 0.3) is 11.8 Å². The molecule has 2 saturated heterocycles. The van der Waals surface area contributed by atoms with Crippen molar-refractivity contribution in [3.05, 3.63) is 82.3 Å². The summed E-state index contributed by atoms with van der Waals surface area (Å²) in [5.41, 5.74) is 0.815. The highest BCUT2D eigenvalue weighted by Crippen LogP contribution is 2.37. The van der Waals surface area contributed by atoms with Crippen LogP contribution in [0.5, 0.6) is 0 Å². The quantitative estimate of drug-likeness (QED) is 0.175. The van der Waals surface area contributed by atoms with E-state index in [0.717, 1.165) is 25.0 Å². The Kier molecular flexibility index (Phi) is 10.2. The van der Waals surface area contributed by atoms with Crippen molar-refractivity contribution < 1.29 is 32.2 Å². The summed E-state index contributed by atoms with van der Waals surface area (Å²) < 4.78 is 46.7. The number of halogens is 7. The normalized spacial score (nSPS) is 20.7. The average molecular weight is 676 g/mol. The molecule has 0 aromatic heterocycles.